The lowest BCUT2D eigenvalue weighted by molar-refractivity contribution is -0.118. The van der Waals surface area contributed by atoms with Gasteiger partial charge in [-0.25, -0.2) is 4.98 Å². The fraction of sp³-hybridized carbons (Fsp3) is 0.250. The number of primary amides is 1. The molecule has 3 rings (SSSR count). The van der Waals surface area contributed by atoms with Crippen molar-refractivity contribution in [2.75, 3.05) is 18.0 Å². The molecule has 3 aromatic rings. The zero-order chi connectivity index (χ0) is 23.1. The molecule has 8 heteroatoms. The summed E-state index contributed by atoms with van der Waals surface area (Å²) >= 11 is 0. The third-order valence-corrected chi connectivity index (χ3v) is 5.18. The molecular formula is C24H26N6O2. The Balaban J connectivity index is 1.72. The Morgan fingerprint density at radius 2 is 1.84 bits per heavy atom. The van der Waals surface area contributed by atoms with Gasteiger partial charge < -0.3 is 22.5 Å². The number of hydrogen-bond donors (Lipinski definition) is 4. The van der Waals surface area contributed by atoms with E-state index in [1.54, 1.807) is 12.1 Å². The van der Waals surface area contributed by atoms with Gasteiger partial charge in [0, 0.05) is 30.3 Å². The van der Waals surface area contributed by atoms with Crippen LogP contribution in [0.1, 0.15) is 46.7 Å². The van der Waals surface area contributed by atoms with Gasteiger partial charge in [0.15, 0.2) is 0 Å². The van der Waals surface area contributed by atoms with Gasteiger partial charge in [-0.3, -0.25) is 9.59 Å². The van der Waals surface area contributed by atoms with Gasteiger partial charge in [0.25, 0.3) is 5.91 Å². The Bertz CT molecular complexity index is 1170. The molecule has 0 aliphatic rings. The van der Waals surface area contributed by atoms with Crippen molar-refractivity contribution in [3.8, 4) is 12.3 Å². The summed E-state index contributed by atoms with van der Waals surface area (Å²) < 4.78 is 0. The van der Waals surface area contributed by atoms with Crippen molar-refractivity contribution in [1.29, 1.82) is 0 Å². The maximum Gasteiger partial charge on any atom is 0.251 e. The number of benzene rings is 2. The number of terminal acetylenes is 1. The van der Waals surface area contributed by atoms with Gasteiger partial charge in [-0.05, 0) is 54.2 Å². The van der Waals surface area contributed by atoms with E-state index < -0.39 is 0 Å². The summed E-state index contributed by atoms with van der Waals surface area (Å²) in [5.74, 6) is 2.72. The smallest absolute Gasteiger partial charge is 0.251 e. The molecular weight excluding hydrogens is 404 g/mol. The minimum Gasteiger partial charge on any atom is -0.383 e. The predicted octanol–water partition coefficient (Wildman–Crippen LogP) is 2.14. The van der Waals surface area contributed by atoms with Crippen LogP contribution >= 0.6 is 0 Å². The van der Waals surface area contributed by atoms with Gasteiger partial charge in [0.2, 0.25) is 11.9 Å². The molecule has 0 saturated heterocycles. The number of amides is 2. The Morgan fingerprint density at radius 3 is 2.53 bits per heavy atom. The Kier molecular flexibility index (Phi) is 7.24. The van der Waals surface area contributed by atoms with E-state index in [2.05, 4.69) is 21.2 Å². The number of aromatic nitrogens is 2. The molecule has 0 radical (unpaired) electrons. The maximum atomic E-state index is 12.3. The Morgan fingerprint density at radius 1 is 1.09 bits per heavy atom. The number of anilines is 2. The van der Waals surface area contributed by atoms with E-state index in [4.69, 9.17) is 23.6 Å². The average Bonchev–Trinajstić information content (AvgIpc) is 2.76. The molecule has 7 N–H and O–H groups in total. The van der Waals surface area contributed by atoms with E-state index in [0.717, 1.165) is 16.5 Å². The third kappa shape index (κ3) is 5.73. The van der Waals surface area contributed by atoms with Crippen molar-refractivity contribution in [3.05, 3.63) is 59.2 Å². The van der Waals surface area contributed by atoms with Gasteiger partial charge in [-0.15, -0.1) is 12.3 Å². The lowest BCUT2D eigenvalue weighted by Crippen LogP contribution is -2.25. The second-order valence-corrected chi connectivity index (χ2v) is 7.58. The van der Waals surface area contributed by atoms with Gasteiger partial charge in [-0.1, -0.05) is 18.2 Å². The first kappa shape index (κ1) is 22.6. The van der Waals surface area contributed by atoms with Gasteiger partial charge in [-0.2, -0.15) is 4.98 Å². The largest absolute Gasteiger partial charge is 0.383 e. The molecule has 2 aromatic carbocycles. The van der Waals surface area contributed by atoms with Gasteiger partial charge in [0.05, 0.1) is 5.52 Å². The molecule has 0 bridgehead atoms. The normalized spacial score (nSPS) is 11.6. The molecule has 1 aromatic heterocycles. The van der Waals surface area contributed by atoms with E-state index in [1.165, 1.54) is 0 Å². The summed E-state index contributed by atoms with van der Waals surface area (Å²) in [6, 6.07) is 13.2. The van der Waals surface area contributed by atoms with E-state index in [9.17, 15) is 9.59 Å². The molecule has 1 unspecified atom stereocenters. The molecule has 8 nitrogen and oxygen atoms in total. The number of fused-ring (bicyclic) bond motifs is 1. The van der Waals surface area contributed by atoms with Crippen molar-refractivity contribution in [3.63, 3.8) is 0 Å². The molecule has 2 amide bonds. The highest BCUT2D eigenvalue weighted by molar-refractivity contribution is 5.94. The first-order valence-electron chi connectivity index (χ1n) is 10.3. The average molecular weight is 431 g/mol. The van der Waals surface area contributed by atoms with Crippen molar-refractivity contribution in [2.24, 2.45) is 5.73 Å². The van der Waals surface area contributed by atoms with Crippen LogP contribution in [0.4, 0.5) is 11.8 Å². The number of hydrogen-bond acceptors (Lipinski definition) is 6. The minimum atomic E-state index is -0.381. The highest BCUT2D eigenvalue weighted by Gasteiger charge is 2.14. The predicted molar refractivity (Wildman–Crippen MR) is 125 cm³/mol. The van der Waals surface area contributed by atoms with Crippen LogP contribution in [0.5, 0.6) is 0 Å². The lowest BCUT2D eigenvalue weighted by Gasteiger charge is -2.16. The zero-order valence-corrected chi connectivity index (χ0v) is 17.7. The second-order valence-electron chi connectivity index (χ2n) is 7.58. The van der Waals surface area contributed by atoms with Crippen molar-refractivity contribution < 1.29 is 9.59 Å². The number of nitrogens with zero attached hydrogens (tertiary/aromatic N) is 2. The van der Waals surface area contributed by atoms with E-state index >= 15 is 0 Å². The molecule has 0 aliphatic carbocycles. The molecule has 0 spiro atoms. The number of nitrogens with two attached hydrogens (primary N) is 3. The van der Waals surface area contributed by atoms with Crippen molar-refractivity contribution in [1.82, 2.24) is 15.3 Å². The number of carbonyl (C=O) groups excluding carboxylic acids is 2. The molecule has 0 aliphatic heterocycles. The molecule has 0 saturated carbocycles. The topological polar surface area (TPSA) is 150 Å². The monoisotopic (exact) mass is 430 g/mol. The first-order chi connectivity index (χ1) is 15.4. The molecule has 32 heavy (non-hydrogen) atoms. The summed E-state index contributed by atoms with van der Waals surface area (Å²) in [6.07, 6.45) is 7.62. The van der Waals surface area contributed by atoms with Gasteiger partial charge >= 0.3 is 0 Å². The van der Waals surface area contributed by atoms with Crippen LogP contribution in [0.2, 0.25) is 0 Å². The number of nitrogen functional groups attached to an aromatic ring is 2. The SMILES string of the molecule is C#CCC(Cc1ccc2nc(N)nc(N)c2c1)c1ccc(C(=O)NCCCC(N)=O)cc1. The van der Waals surface area contributed by atoms with Crippen molar-refractivity contribution >= 4 is 34.5 Å². The summed E-state index contributed by atoms with van der Waals surface area (Å²) in [5, 5.41) is 3.53. The van der Waals surface area contributed by atoms with Crippen LogP contribution in [-0.4, -0.2) is 28.3 Å². The Hall–Kier alpha value is -4.12. The minimum absolute atomic E-state index is 0.0704. The number of nitrogens with one attached hydrogen (secondary N) is 1. The van der Waals surface area contributed by atoms with Crippen LogP contribution in [0.25, 0.3) is 10.9 Å². The Labute approximate surface area is 186 Å². The second kappa shape index (κ2) is 10.3. The molecule has 1 atom stereocenters. The molecule has 0 fully saturated rings. The van der Waals surface area contributed by atoms with Gasteiger partial charge in [0.1, 0.15) is 5.82 Å². The highest BCUT2D eigenvalue weighted by Crippen LogP contribution is 2.27. The molecule has 1 heterocycles. The fourth-order valence-electron chi connectivity index (χ4n) is 3.55. The quantitative estimate of drug-likeness (QED) is 0.302. The van der Waals surface area contributed by atoms with Crippen LogP contribution in [0, 0.1) is 12.3 Å². The van der Waals surface area contributed by atoms with E-state index in [0.29, 0.717) is 42.7 Å². The lowest BCUT2D eigenvalue weighted by atomic mass is 9.88. The van der Waals surface area contributed by atoms with Crippen LogP contribution < -0.4 is 22.5 Å². The fourth-order valence-corrected chi connectivity index (χ4v) is 3.55. The van der Waals surface area contributed by atoms with Crippen LogP contribution in [0.3, 0.4) is 0 Å². The number of rotatable bonds is 9. The summed E-state index contributed by atoms with van der Waals surface area (Å²) in [4.78, 5) is 31.3. The third-order valence-electron chi connectivity index (χ3n) is 5.18. The zero-order valence-electron chi connectivity index (χ0n) is 17.7. The van der Waals surface area contributed by atoms with Crippen molar-refractivity contribution in [2.45, 2.75) is 31.6 Å². The maximum absolute atomic E-state index is 12.3. The first-order valence-corrected chi connectivity index (χ1v) is 10.3. The van der Waals surface area contributed by atoms with Crippen LogP contribution in [0.15, 0.2) is 42.5 Å². The van der Waals surface area contributed by atoms with E-state index in [-0.39, 0.29) is 30.1 Å². The summed E-state index contributed by atoms with van der Waals surface area (Å²) in [6.45, 7) is 0.393. The number of carbonyl (C=O) groups is 2. The summed E-state index contributed by atoms with van der Waals surface area (Å²) in [5.41, 5.74) is 20.1. The van der Waals surface area contributed by atoms with Crippen LogP contribution in [-0.2, 0) is 11.2 Å². The summed E-state index contributed by atoms with van der Waals surface area (Å²) in [7, 11) is 0. The standard InChI is InChI=1S/C24H26N6O2/c1-2-4-18(13-15-6-11-20-19(14-15)22(26)30-24(27)29-20)16-7-9-17(10-8-16)23(32)28-12-3-5-21(25)31/h1,6-11,14,18H,3-5,12-13H2,(H2,25,31)(H,28,32)(H4,26,27,29,30). The molecule has 164 valence electrons. The van der Waals surface area contributed by atoms with E-state index in [1.807, 2.05) is 30.3 Å². The highest BCUT2D eigenvalue weighted by atomic mass is 16.2.